The molecule has 1 aromatic heterocycles. The van der Waals surface area contributed by atoms with Gasteiger partial charge in [-0.2, -0.15) is 0 Å². The largest absolute Gasteiger partial charge is 1.00 e. The molecule has 0 bridgehead atoms. The van der Waals surface area contributed by atoms with Crippen molar-refractivity contribution in [3.8, 4) is 5.75 Å². The molecule has 2 saturated heterocycles. The molecule has 1 N–H and O–H groups in total. The number of para-hydroxylation sites is 1. The molecule has 3 aromatic carbocycles. The maximum atomic E-state index is 14.3. The Kier molecular flexibility index (Phi) is 13.7. The third-order valence-corrected chi connectivity index (χ3v) is 9.27. The van der Waals surface area contributed by atoms with Crippen LogP contribution in [0.5, 0.6) is 5.75 Å². The molecule has 6 rings (SSSR count). The second kappa shape index (κ2) is 17.1. The fourth-order valence-electron chi connectivity index (χ4n) is 6.02. The number of carbonyl (C=O) groups is 3. The number of thiazole rings is 1. The SMILES string of the molecule is C=CCN1CC(=O)N2C(CN(Cc3cccc4scnc34)C(=O)[C@@H]2Cc2ccc(OP(=O)([O-])[O-])cc2)N1C(=O)NCc1ccccc1.[Na+].[Na+]. The van der Waals surface area contributed by atoms with Crippen LogP contribution in [0.2, 0.25) is 0 Å². The average molecular weight is 721 g/mol. The smallest absolute Gasteiger partial charge is 0.780 e. The summed E-state index contributed by atoms with van der Waals surface area (Å²) in [5, 5.41) is 6.09. The molecule has 2 aliphatic heterocycles. The second-order valence-electron chi connectivity index (χ2n) is 11.1. The van der Waals surface area contributed by atoms with Gasteiger partial charge in [0, 0.05) is 26.1 Å². The number of rotatable bonds is 10. The van der Waals surface area contributed by atoms with Crippen LogP contribution in [-0.4, -0.2) is 74.5 Å². The van der Waals surface area contributed by atoms with Gasteiger partial charge in [-0.05, 0) is 34.9 Å². The van der Waals surface area contributed by atoms with Gasteiger partial charge in [0.2, 0.25) is 11.8 Å². The minimum atomic E-state index is -5.26. The summed E-state index contributed by atoms with van der Waals surface area (Å²) in [7, 11) is -5.26. The fourth-order valence-corrected chi connectivity index (χ4v) is 7.12. The van der Waals surface area contributed by atoms with Gasteiger partial charge in [0.1, 0.15) is 25.8 Å². The van der Waals surface area contributed by atoms with E-state index in [-0.39, 0.29) is 116 Å². The van der Waals surface area contributed by atoms with Crippen molar-refractivity contribution in [1.29, 1.82) is 0 Å². The van der Waals surface area contributed by atoms with E-state index in [4.69, 9.17) is 0 Å². The molecule has 0 radical (unpaired) electrons. The summed E-state index contributed by atoms with van der Waals surface area (Å²) in [4.78, 5) is 71.8. The van der Waals surface area contributed by atoms with Crippen molar-refractivity contribution < 1.29 is 92.4 Å². The molecule has 2 aliphatic rings. The zero-order valence-electron chi connectivity index (χ0n) is 27.1. The number of aromatic nitrogens is 1. The molecule has 49 heavy (non-hydrogen) atoms. The summed E-state index contributed by atoms with van der Waals surface area (Å²) >= 11 is 1.49. The van der Waals surface area contributed by atoms with Gasteiger partial charge in [-0.1, -0.05) is 60.7 Å². The van der Waals surface area contributed by atoms with Crippen LogP contribution < -0.4 is 78.7 Å². The van der Waals surface area contributed by atoms with Crippen molar-refractivity contribution >= 4 is 47.2 Å². The standard InChI is InChI=1S/C32H33N6O7PS.2Na/c1-2-15-36-20-29(39)37-26(16-22-11-13-25(14-12-22)45-46(42,43)44)31(40)35(18-24-9-6-10-27-30(24)34-21-47-27)19-28(37)38(36)32(41)33-17-23-7-4-3-5-8-23;;/h2-14,21,26,28H,1,15-20H2,(H,33,41)(H2,42,43,44);;/q;2*+1/p-2/t26-,28?;;/m0../s1. The number of urea groups is 1. The van der Waals surface area contributed by atoms with E-state index in [1.807, 2.05) is 48.5 Å². The first-order valence-corrected chi connectivity index (χ1v) is 17.1. The van der Waals surface area contributed by atoms with Gasteiger partial charge >= 0.3 is 65.1 Å². The molecule has 2 fully saturated rings. The Bertz CT molecular complexity index is 1840. The number of piperazine rings is 1. The van der Waals surface area contributed by atoms with Crippen molar-refractivity contribution in [2.24, 2.45) is 0 Å². The topological polar surface area (TPSA) is 162 Å². The van der Waals surface area contributed by atoms with Crippen LogP contribution in [0.1, 0.15) is 16.7 Å². The Morgan fingerprint density at radius 3 is 2.47 bits per heavy atom. The number of hydrazine groups is 1. The van der Waals surface area contributed by atoms with E-state index in [1.54, 1.807) is 21.5 Å². The summed E-state index contributed by atoms with van der Waals surface area (Å²) in [6.45, 7) is 4.38. The number of amides is 4. The number of nitrogens with one attached hydrogen (secondary N) is 1. The van der Waals surface area contributed by atoms with E-state index < -0.39 is 26.1 Å². The number of nitrogens with zero attached hydrogens (tertiary/aromatic N) is 5. The van der Waals surface area contributed by atoms with Gasteiger partial charge in [0.15, 0.2) is 0 Å². The number of benzene rings is 3. The molecule has 244 valence electrons. The number of fused-ring (bicyclic) bond motifs is 2. The van der Waals surface area contributed by atoms with E-state index in [9.17, 15) is 28.7 Å². The zero-order chi connectivity index (χ0) is 33.1. The van der Waals surface area contributed by atoms with Crippen LogP contribution in [0.3, 0.4) is 0 Å². The quantitative estimate of drug-likeness (QED) is 0.0987. The first-order chi connectivity index (χ1) is 22.6. The van der Waals surface area contributed by atoms with Crippen LogP contribution in [0.15, 0.2) is 91.0 Å². The summed E-state index contributed by atoms with van der Waals surface area (Å²) < 4.78 is 16.5. The Morgan fingerprint density at radius 2 is 1.78 bits per heavy atom. The van der Waals surface area contributed by atoms with Crippen LogP contribution in [-0.2, 0) is 33.7 Å². The average Bonchev–Trinajstić information content (AvgIpc) is 3.53. The second-order valence-corrected chi connectivity index (χ2v) is 13.1. The first kappa shape index (κ1) is 39.2. The normalized spacial score (nSPS) is 18.0. The fraction of sp³-hybridized carbons (Fsp3) is 0.250. The van der Waals surface area contributed by atoms with E-state index >= 15 is 0 Å². The van der Waals surface area contributed by atoms with Crippen molar-refractivity contribution in [3.63, 3.8) is 0 Å². The van der Waals surface area contributed by atoms with E-state index in [1.165, 1.54) is 45.5 Å². The summed E-state index contributed by atoms with van der Waals surface area (Å²) in [6.07, 6.45) is 0.823. The number of carbonyl (C=O) groups excluding carboxylic acids is 3. The monoisotopic (exact) mass is 720 g/mol. The van der Waals surface area contributed by atoms with Crippen molar-refractivity contribution in [3.05, 3.63) is 108 Å². The molecule has 2 atom stereocenters. The minimum Gasteiger partial charge on any atom is -0.780 e. The molecular formula is C32H31N6Na2O7PS. The summed E-state index contributed by atoms with van der Waals surface area (Å²) in [6, 6.07) is 19.5. The third-order valence-electron chi connectivity index (χ3n) is 8.04. The Hall–Kier alpha value is -2.59. The molecule has 1 unspecified atom stereocenters. The molecule has 4 amide bonds. The predicted octanol–water partition coefficient (Wildman–Crippen LogP) is -3.75. The summed E-state index contributed by atoms with van der Waals surface area (Å²) in [5.41, 5.74) is 4.84. The van der Waals surface area contributed by atoms with Crippen LogP contribution in [0, 0.1) is 0 Å². The molecule has 0 spiro atoms. The van der Waals surface area contributed by atoms with Crippen molar-refractivity contribution in [2.75, 3.05) is 19.6 Å². The van der Waals surface area contributed by atoms with Crippen molar-refractivity contribution in [2.45, 2.75) is 31.7 Å². The molecule has 17 heteroatoms. The Labute approximate surface area is 331 Å². The van der Waals surface area contributed by atoms with Gasteiger partial charge < -0.3 is 34.0 Å². The van der Waals surface area contributed by atoms with Gasteiger partial charge in [-0.25, -0.2) is 19.8 Å². The molecule has 3 heterocycles. The third kappa shape index (κ3) is 9.21. The maximum Gasteiger partial charge on any atom is 1.00 e. The Balaban J connectivity index is 0.00000270. The molecule has 4 aromatic rings. The van der Waals surface area contributed by atoms with Gasteiger partial charge in [-0.3, -0.25) is 9.59 Å². The van der Waals surface area contributed by atoms with E-state index in [0.29, 0.717) is 5.56 Å². The van der Waals surface area contributed by atoms with E-state index in [2.05, 4.69) is 21.4 Å². The van der Waals surface area contributed by atoms with Crippen LogP contribution >= 0.6 is 19.2 Å². The van der Waals surface area contributed by atoms with Crippen molar-refractivity contribution in [1.82, 2.24) is 30.1 Å². The minimum absolute atomic E-state index is 0. The molecule has 0 aliphatic carbocycles. The van der Waals surface area contributed by atoms with E-state index in [0.717, 1.165) is 21.3 Å². The van der Waals surface area contributed by atoms with Gasteiger partial charge in [-0.15, -0.1) is 17.9 Å². The van der Waals surface area contributed by atoms with Gasteiger partial charge in [0.25, 0.3) is 0 Å². The first-order valence-electron chi connectivity index (χ1n) is 14.8. The van der Waals surface area contributed by atoms with Crippen LogP contribution in [0.4, 0.5) is 4.79 Å². The zero-order valence-corrected chi connectivity index (χ0v) is 32.8. The molecule has 0 saturated carbocycles. The number of hydrogen-bond acceptors (Lipinski definition) is 10. The number of hydrogen-bond donors (Lipinski definition) is 1. The van der Waals surface area contributed by atoms with Gasteiger partial charge in [0.05, 0.1) is 28.8 Å². The molecular weight excluding hydrogens is 689 g/mol. The number of phosphoric acid groups is 1. The summed E-state index contributed by atoms with van der Waals surface area (Å²) in [5.74, 6) is -0.807. The molecule has 13 nitrogen and oxygen atoms in total. The predicted molar refractivity (Wildman–Crippen MR) is 170 cm³/mol. The maximum absolute atomic E-state index is 14.3. The van der Waals surface area contributed by atoms with Crippen LogP contribution in [0.25, 0.3) is 10.2 Å². The number of phosphoric ester groups is 1. The Morgan fingerprint density at radius 1 is 1.04 bits per heavy atom.